The number of nitrogens with zero attached hydrogens (tertiary/aromatic N) is 3. The molecular formula is C22H22ClN3O3. The SMILES string of the molecule is CCCN(Cc1nnc(-c2ccccc2Cl)o1)C(=O)/C=C/c1ccccc1OC. The second kappa shape index (κ2) is 9.89. The van der Waals surface area contributed by atoms with Crippen LogP contribution in [-0.4, -0.2) is 34.7 Å². The molecule has 1 aromatic heterocycles. The second-order valence-corrected chi connectivity index (χ2v) is 6.72. The van der Waals surface area contributed by atoms with E-state index in [4.69, 9.17) is 20.8 Å². The van der Waals surface area contributed by atoms with Gasteiger partial charge in [-0.3, -0.25) is 4.79 Å². The van der Waals surface area contributed by atoms with Gasteiger partial charge >= 0.3 is 0 Å². The molecule has 1 heterocycles. The van der Waals surface area contributed by atoms with Crippen LogP contribution in [0.3, 0.4) is 0 Å². The van der Waals surface area contributed by atoms with Gasteiger partial charge in [-0.05, 0) is 30.7 Å². The highest BCUT2D eigenvalue weighted by Gasteiger charge is 2.17. The Balaban J connectivity index is 1.74. The molecule has 7 heteroatoms. The first-order valence-electron chi connectivity index (χ1n) is 9.29. The minimum Gasteiger partial charge on any atom is -0.496 e. The van der Waals surface area contributed by atoms with Crippen molar-refractivity contribution >= 4 is 23.6 Å². The maximum absolute atomic E-state index is 12.7. The summed E-state index contributed by atoms with van der Waals surface area (Å²) in [6.07, 6.45) is 4.07. The lowest BCUT2D eigenvalue weighted by Gasteiger charge is -2.18. The van der Waals surface area contributed by atoms with Gasteiger partial charge < -0.3 is 14.1 Å². The highest BCUT2D eigenvalue weighted by molar-refractivity contribution is 6.33. The van der Waals surface area contributed by atoms with Crippen LogP contribution in [0.5, 0.6) is 5.75 Å². The number of methoxy groups -OCH3 is 1. The van der Waals surface area contributed by atoms with Gasteiger partial charge in [-0.1, -0.05) is 48.9 Å². The summed E-state index contributed by atoms with van der Waals surface area (Å²) in [7, 11) is 1.60. The number of carbonyl (C=O) groups excluding carboxylic acids is 1. The first-order chi connectivity index (χ1) is 14.1. The first-order valence-corrected chi connectivity index (χ1v) is 9.67. The van der Waals surface area contributed by atoms with Crippen LogP contribution in [0.2, 0.25) is 5.02 Å². The quantitative estimate of drug-likeness (QED) is 0.495. The molecule has 0 saturated heterocycles. The highest BCUT2D eigenvalue weighted by atomic mass is 35.5. The number of benzene rings is 2. The van der Waals surface area contributed by atoms with Crippen molar-refractivity contribution in [1.82, 2.24) is 15.1 Å². The Hall–Kier alpha value is -3.12. The molecule has 0 atom stereocenters. The van der Waals surface area contributed by atoms with Crippen LogP contribution in [0, 0.1) is 0 Å². The molecule has 0 unspecified atom stereocenters. The van der Waals surface area contributed by atoms with E-state index in [9.17, 15) is 4.79 Å². The van der Waals surface area contributed by atoms with Crippen LogP contribution in [0.15, 0.2) is 59.0 Å². The Kier molecular flexibility index (Phi) is 7.03. The fourth-order valence-electron chi connectivity index (χ4n) is 2.83. The third-order valence-corrected chi connectivity index (χ3v) is 4.58. The van der Waals surface area contributed by atoms with Gasteiger partial charge in [0.05, 0.1) is 24.2 Å². The number of ether oxygens (including phenoxy) is 1. The monoisotopic (exact) mass is 411 g/mol. The molecule has 2 aromatic carbocycles. The van der Waals surface area contributed by atoms with Gasteiger partial charge in [-0.25, -0.2) is 0 Å². The number of hydrogen-bond acceptors (Lipinski definition) is 5. The lowest BCUT2D eigenvalue weighted by Crippen LogP contribution is -2.29. The average Bonchev–Trinajstić information content (AvgIpc) is 3.20. The summed E-state index contributed by atoms with van der Waals surface area (Å²) in [5.41, 5.74) is 1.50. The Morgan fingerprint density at radius 1 is 1.17 bits per heavy atom. The summed E-state index contributed by atoms with van der Waals surface area (Å²) in [6, 6.07) is 14.8. The molecule has 0 aliphatic heterocycles. The van der Waals surface area contributed by atoms with Crippen molar-refractivity contribution in [3.63, 3.8) is 0 Å². The van der Waals surface area contributed by atoms with Gasteiger partial charge in [0.25, 0.3) is 0 Å². The van der Waals surface area contributed by atoms with E-state index < -0.39 is 0 Å². The molecule has 0 saturated carbocycles. The van der Waals surface area contributed by atoms with E-state index in [0.29, 0.717) is 34.7 Å². The number of para-hydroxylation sites is 1. The van der Waals surface area contributed by atoms with Crippen molar-refractivity contribution in [2.45, 2.75) is 19.9 Å². The van der Waals surface area contributed by atoms with Gasteiger partial charge in [-0.15, -0.1) is 10.2 Å². The van der Waals surface area contributed by atoms with E-state index in [0.717, 1.165) is 12.0 Å². The van der Waals surface area contributed by atoms with Crippen LogP contribution in [-0.2, 0) is 11.3 Å². The van der Waals surface area contributed by atoms with E-state index >= 15 is 0 Å². The maximum Gasteiger partial charge on any atom is 0.249 e. The predicted octanol–water partition coefficient (Wildman–Crippen LogP) is 4.85. The molecule has 3 rings (SSSR count). The number of amides is 1. The standard InChI is InChI=1S/C22H22ClN3O3/c1-3-14-26(21(27)13-12-16-8-4-7-11-19(16)28-2)15-20-24-25-22(29-20)17-9-5-6-10-18(17)23/h4-13H,3,14-15H2,1-2H3/b13-12+. The fraction of sp³-hybridized carbons (Fsp3) is 0.227. The molecule has 1 amide bonds. The zero-order valence-electron chi connectivity index (χ0n) is 16.3. The summed E-state index contributed by atoms with van der Waals surface area (Å²) >= 11 is 6.19. The maximum atomic E-state index is 12.7. The predicted molar refractivity (Wildman–Crippen MR) is 112 cm³/mol. The number of aromatic nitrogens is 2. The van der Waals surface area contributed by atoms with Crippen molar-refractivity contribution in [2.24, 2.45) is 0 Å². The van der Waals surface area contributed by atoms with E-state index in [1.165, 1.54) is 6.08 Å². The zero-order valence-corrected chi connectivity index (χ0v) is 17.1. The first kappa shape index (κ1) is 20.6. The lowest BCUT2D eigenvalue weighted by atomic mass is 10.2. The summed E-state index contributed by atoms with van der Waals surface area (Å²) < 4.78 is 11.0. The van der Waals surface area contributed by atoms with E-state index in [1.54, 1.807) is 24.2 Å². The Morgan fingerprint density at radius 2 is 1.93 bits per heavy atom. The molecular weight excluding hydrogens is 390 g/mol. The Labute approximate surface area is 174 Å². The normalized spacial score (nSPS) is 11.0. The minimum atomic E-state index is -0.143. The average molecular weight is 412 g/mol. The van der Waals surface area contributed by atoms with Crippen molar-refractivity contribution in [3.8, 4) is 17.2 Å². The van der Waals surface area contributed by atoms with Gasteiger partial charge in [-0.2, -0.15) is 0 Å². The molecule has 0 aliphatic rings. The number of hydrogen-bond donors (Lipinski definition) is 0. The van der Waals surface area contributed by atoms with Crippen LogP contribution in [0.25, 0.3) is 17.5 Å². The fourth-order valence-corrected chi connectivity index (χ4v) is 3.05. The molecule has 0 radical (unpaired) electrons. The van der Waals surface area contributed by atoms with Crippen LogP contribution >= 0.6 is 11.6 Å². The number of carbonyl (C=O) groups is 1. The van der Waals surface area contributed by atoms with Crippen LogP contribution in [0.4, 0.5) is 0 Å². The lowest BCUT2D eigenvalue weighted by molar-refractivity contribution is -0.126. The Bertz CT molecular complexity index is 1000. The van der Waals surface area contributed by atoms with Gasteiger partial charge in [0.15, 0.2) is 0 Å². The second-order valence-electron chi connectivity index (χ2n) is 6.32. The van der Waals surface area contributed by atoms with E-state index in [1.807, 2.05) is 49.4 Å². The molecule has 0 fully saturated rings. The molecule has 6 nitrogen and oxygen atoms in total. The van der Waals surface area contributed by atoms with Crippen LogP contribution < -0.4 is 4.74 Å². The zero-order chi connectivity index (χ0) is 20.6. The van der Waals surface area contributed by atoms with Crippen molar-refractivity contribution < 1.29 is 13.9 Å². The van der Waals surface area contributed by atoms with E-state index in [2.05, 4.69) is 10.2 Å². The topological polar surface area (TPSA) is 68.5 Å². The van der Waals surface area contributed by atoms with Gasteiger partial charge in [0, 0.05) is 18.2 Å². The largest absolute Gasteiger partial charge is 0.496 e. The molecule has 0 bridgehead atoms. The van der Waals surface area contributed by atoms with Crippen molar-refractivity contribution in [2.75, 3.05) is 13.7 Å². The summed E-state index contributed by atoms with van der Waals surface area (Å²) in [4.78, 5) is 14.4. The van der Waals surface area contributed by atoms with Gasteiger partial charge in [0.1, 0.15) is 5.75 Å². The summed E-state index contributed by atoms with van der Waals surface area (Å²) in [5, 5.41) is 8.66. The Morgan fingerprint density at radius 3 is 2.69 bits per heavy atom. The molecule has 3 aromatic rings. The number of rotatable bonds is 8. The molecule has 29 heavy (non-hydrogen) atoms. The highest BCUT2D eigenvalue weighted by Crippen LogP contribution is 2.26. The molecule has 0 aliphatic carbocycles. The summed E-state index contributed by atoms with van der Waals surface area (Å²) in [5.74, 6) is 1.25. The van der Waals surface area contributed by atoms with Crippen LogP contribution in [0.1, 0.15) is 24.8 Å². The van der Waals surface area contributed by atoms with Crippen molar-refractivity contribution in [1.29, 1.82) is 0 Å². The third kappa shape index (κ3) is 5.23. The molecule has 0 spiro atoms. The molecule has 150 valence electrons. The number of halogens is 1. The van der Waals surface area contributed by atoms with E-state index in [-0.39, 0.29) is 12.5 Å². The minimum absolute atomic E-state index is 0.143. The van der Waals surface area contributed by atoms with Crippen molar-refractivity contribution in [3.05, 3.63) is 71.1 Å². The molecule has 0 N–H and O–H groups in total. The summed E-state index contributed by atoms with van der Waals surface area (Å²) in [6.45, 7) is 2.80. The third-order valence-electron chi connectivity index (χ3n) is 4.25. The van der Waals surface area contributed by atoms with Gasteiger partial charge in [0.2, 0.25) is 17.7 Å². The smallest absolute Gasteiger partial charge is 0.249 e.